The molecule has 4 nitrogen and oxygen atoms in total. The standard InChI is InChI=1S/C25H22N2O2/c1-19-12-14-22(15-13-19)23-16-24(28)26-25(29-23)27(17-20-8-4-2-5-9-20)18-21-10-6-3-7-11-21/h2-16H,17-18H2,1H3. The lowest BCUT2D eigenvalue weighted by Crippen LogP contribution is -2.25. The summed E-state index contributed by atoms with van der Waals surface area (Å²) in [6, 6.07) is 29.9. The Morgan fingerprint density at radius 1 is 0.793 bits per heavy atom. The topological polar surface area (TPSA) is 46.3 Å². The number of hydrogen-bond acceptors (Lipinski definition) is 4. The number of aryl methyl sites for hydroxylation is 1. The fourth-order valence-electron chi connectivity index (χ4n) is 3.18. The summed E-state index contributed by atoms with van der Waals surface area (Å²) in [7, 11) is 0. The molecule has 144 valence electrons. The third-order valence-corrected chi connectivity index (χ3v) is 4.70. The zero-order valence-corrected chi connectivity index (χ0v) is 16.3. The molecule has 4 heteroatoms. The van der Waals surface area contributed by atoms with E-state index in [0.29, 0.717) is 24.9 Å². The minimum absolute atomic E-state index is 0.312. The van der Waals surface area contributed by atoms with Crippen LogP contribution in [0.3, 0.4) is 0 Å². The summed E-state index contributed by atoms with van der Waals surface area (Å²) in [6.45, 7) is 3.20. The molecule has 0 aliphatic heterocycles. The highest BCUT2D eigenvalue weighted by Gasteiger charge is 2.15. The largest absolute Gasteiger partial charge is 0.425 e. The minimum atomic E-state index is -0.312. The van der Waals surface area contributed by atoms with Crippen LogP contribution < -0.4 is 10.5 Å². The second-order valence-electron chi connectivity index (χ2n) is 7.04. The molecule has 0 aliphatic carbocycles. The van der Waals surface area contributed by atoms with Crippen molar-refractivity contribution in [3.8, 4) is 11.3 Å². The molecule has 0 saturated heterocycles. The molecule has 0 aliphatic rings. The summed E-state index contributed by atoms with van der Waals surface area (Å²) >= 11 is 0. The highest BCUT2D eigenvalue weighted by Crippen LogP contribution is 2.24. The van der Waals surface area contributed by atoms with Gasteiger partial charge in [0, 0.05) is 24.7 Å². The van der Waals surface area contributed by atoms with Crippen molar-refractivity contribution in [2.75, 3.05) is 4.90 Å². The smallest absolute Gasteiger partial charge is 0.301 e. The van der Waals surface area contributed by atoms with Gasteiger partial charge in [0.25, 0.3) is 5.56 Å². The van der Waals surface area contributed by atoms with E-state index in [-0.39, 0.29) is 5.56 Å². The Morgan fingerprint density at radius 2 is 1.34 bits per heavy atom. The fourth-order valence-corrected chi connectivity index (χ4v) is 3.18. The minimum Gasteiger partial charge on any atom is -0.425 e. The average molecular weight is 382 g/mol. The number of nitrogens with zero attached hydrogens (tertiary/aromatic N) is 2. The first kappa shape index (κ1) is 18.7. The molecule has 0 spiro atoms. The van der Waals surface area contributed by atoms with Gasteiger partial charge in [0.15, 0.2) is 0 Å². The van der Waals surface area contributed by atoms with E-state index in [0.717, 1.165) is 22.3 Å². The van der Waals surface area contributed by atoms with Crippen LogP contribution in [-0.4, -0.2) is 4.98 Å². The summed E-state index contributed by atoms with van der Waals surface area (Å²) in [5.74, 6) is 0.520. The molecule has 29 heavy (non-hydrogen) atoms. The second kappa shape index (κ2) is 8.57. The Hall–Kier alpha value is -3.66. The lowest BCUT2D eigenvalue weighted by Gasteiger charge is -2.22. The van der Waals surface area contributed by atoms with Crippen molar-refractivity contribution in [2.24, 2.45) is 0 Å². The summed E-state index contributed by atoms with van der Waals surface area (Å²) < 4.78 is 6.11. The first-order valence-corrected chi connectivity index (χ1v) is 9.59. The van der Waals surface area contributed by atoms with Gasteiger partial charge in [-0.2, -0.15) is 4.98 Å². The van der Waals surface area contributed by atoms with Crippen molar-refractivity contribution in [3.63, 3.8) is 0 Å². The number of rotatable bonds is 6. The van der Waals surface area contributed by atoms with Crippen LogP contribution in [0.5, 0.6) is 0 Å². The number of hydrogen-bond donors (Lipinski definition) is 0. The molecular weight excluding hydrogens is 360 g/mol. The van der Waals surface area contributed by atoms with E-state index in [9.17, 15) is 4.79 Å². The van der Waals surface area contributed by atoms with E-state index in [1.807, 2.05) is 72.5 Å². The van der Waals surface area contributed by atoms with E-state index in [1.165, 1.54) is 6.07 Å². The van der Waals surface area contributed by atoms with E-state index in [1.54, 1.807) is 0 Å². The number of aromatic nitrogens is 1. The van der Waals surface area contributed by atoms with Crippen LogP contribution in [0.25, 0.3) is 11.3 Å². The number of benzene rings is 3. The Labute approximate surface area is 170 Å². The predicted molar refractivity (Wildman–Crippen MR) is 116 cm³/mol. The van der Waals surface area contributed by atoms with Crippen molar-refractivity contribution in [1.82, 2.24) is 4.98 Å². The van der Waals surface area contributed by atoms with Crippen LogP contribution in [0.15, 0.2) is 100 Å². The van der Waals surface area contributed by atoms with E-state index < -0.39 is 0 Å². The maximum Gasteiger partial charge on any atom is 0.301 e. The first-order chi connectivity index (χ1) is 14.2. The fraction of sp³-hybridized carbons (Fsp3) is 0.120. The summed E-state index contributed by atoms with van der Waals surface area (Å²) in [5, 5.41) is 0. The Balaban J connectivity index is 1.73. The van der Waals surface area contributed by atoms with Crippen LogP contribution in [0, 0.1) is 6.92 Å². The van der Waals surface area contributed by atoms with Crippen molar-refractivity contribution in [3.05, 3.63) is 118 Å². The highest BCUT2D eigenvalue weighted by molar-refractivity contribution is 5.57. The molecule has 0 unspecified atom stereocenters. The van der Waals surface area contributed by atoms with Crippen molar-refractivity contribution < 1.29 is 4.42 Å². The zero-order valence-electron chi connectivity index (χ0n) is 16.3. The van der Waals surface area contributed by atoms with Crippen LogP contribution in [0.2, 0.25) is 0 Å². The molecule has 1 aromatic heterocycles. The molecule has 0 fully saturated rings. The Kier molecular flexibility index (Phi) is 5.52. The zero-order chi connectivity index (χ0) is 20.1. The molecule has 0 atom stereocenters. The molecule has 4 aromatic rings. The van der Waals surface area contributed by atoms with Gasteiger partial charge in [-0.3, -0.25) is 4.79 Å². The van der Waals surface area contributed by atoms with Gasteiger partial charge in [-0.05, 0) is 18.1 Å². The van der Waals surface area contributed by atoms with Crippen molar-refractivity contribution in [2.45, 2.75) is 20.0 Å². The van der Waals surface area contributed by atoms with Crippen LogP contribution in [0.1, 0.15) is 16.7 Å². The predicted octanol–water partition coefficient (Wildman–Crippen LogP) is 5.22. The Bertz CT molecular complexity index is 1080. The van der Waals surface area contributed by atoms with Gasteiger partial charge in [-0.25, -0.2) is 0 Å². The normalized spacial score (nSPS) is 10.7. The lowest BCUT2D eigenvalue weighted by atomic mass is 10.1. The lowest BCUT2D eigenvalue weighted by molar-refractivity contribution is 0.513. The molecule has 0 bridgehead atoms. The average Bonchev–Trinajstić information content (AvgIpc) is 2.75. The maximum atomic E-state index is 12.4. The first-order valence-electron chi connectivity index (χ1n) is 9.59. The molecule has 0 saturated carbocycles. The van der Waals surface area contributed by atoms with Crippen molar-refractivity contribution in [1.29, 1.82) is 0 Å². The van der Waals surface area contributed by atoms with Crippen LogP contribution >= 0.6 is 0 Å². The van der Waals surface area contributed by atoms with Gasteiger partial charge in [0.2, 0.25) is 0 Å². The second-order valence-corrected chi connectivity index (χ2v) is 7.04. The number of anilines is 1. The van der Waals surface area contributed by atoms with Gasteiger partial charge in [-0.15, -0.1) is 0 Å². The monoisotopic (exact) mass is 382 g/mol. The maximum absolute atomic E-state index is 12.4. The third kappa shape index (κ3) is 4.79. The van der Waals surface area contributed by atoms with Gasteiger partial charge < -0.3 is 9.32 Å². The molecule has 4 rings (SSSR count). The van der Waals surface area contributed by atoms with Gasteiger partial charge in [0.05, 0.1) is 0 Å². The quantitative estimate of drug-likeness (QED) is 0.459. The third-order valence-electron chi connectivity index (χ3n) is 4.70. The molecule has 0 radical (unpaired) electrons. The van der Waals surface area contributed by atoms with Gasteiger partial charge in [-0.1, -0.05) is 90.5 Å². The van der Waals surface area contributed by atoms with E-state index in [4.69, 9.17) is 4.42 Å². The van der Waals surface area contributed by atoms with Crippen LogP contribution in [-0.2, 0) is 13.1 Å². The summed E-state index contributed by atoms with van der Waals surface area (Å²) in [4.78, 5) is 18.5. The molecular formula is C25H22N2O2. The molecule has 0 N–H and O–H groups in total. The van der Waals surface area contributed by atoms with E-state index >= 15 is 0 Å². The highest BCUT2D eigenvalue weighted by atomic mass is 16.4. The SMILES string of the molecule is Cc1ccc(-c2cc(=O)nc(N(Cc3ccccc3)Cc3ccccc3)o2)cc1. The van der Waals surface area contributed by atoms with Crippen LogP contribution in [0.4, 0.5) is 6.01 Å². The summed E-state index contributed by atoms with van der Waals surface area (Å²) in [5.41, 5.74) is 3.94. The van der Waals surface area contributed by atoms with Gasteiger partial charge in [0.1, 0.15) is 5.76 Å². The van der Waals surface area contributed by atoms with E-state index in [2.05, 4.69) is 29.2 Å². The summed E-state index contributed by atoms with van der Waals surface area (Å²) in [6.07, 6.45) is 0. The molecule has 0 amide bonds. The molecule has 1 heterocycles. The van der Waals surface area contributed by atoms with Gasteiger partial charge >= 0.3 is 6.01 Å². The molecule has 3 aromatic carbocycles. The van der Waals surface area contributed by atoms with Crippen molar-refractivity contribution >= 4 is 6.01 Å². The Morgan fingerprint density at radius 3 is 1.90 bits per heavy atom.